The average molecular weight is 248 g/mol. The maximum atomic E-state index is 11.9. The van der Waals surface area contributed by atoms with Crippen molar-refractivity contribution >= 4 is 12.0 Å². The Morgan fingerprint density at radius 1 is 1.33 bits per heavy atom. The van der Waals surface area contributed by atoms with Crippen molar-refractivity contribution in [3.8, 4) is 0 Å². The SMILES string of the molecule is COC(=O)NCC(=O)N1CCc2ccccc2C1. The second kappa shape index (κ2) is 5.53. The minimum atomic E-state index is -0.583. The molecule has 0 radical (unpaired) electrons. The molecule has 1 aromatic carbocycles. The quantitative estimate of drug-likeness (QED) is 0.847. The van der Waals surface area contributed by atoms with Gasteiger partial charge in [0, 0.05) is 13.1 Å². The maximum absolute atomic E-state index is 11.9. The summed E-state index contributed by atoms with van der Waals surface area (Å²) < 4.78 is 4.42. The summed E-state index contributed by atoms with van der Waals surface area (Å²) in [4.78, 5) is 24.5. The molecule has 0 aromatic heterocycles. The first-order chi connectivity index (χ1) is 8.70. The molecule has 1 aliphatic rings. The number of hydrogen-bond acceptors (Lipinski definition) is 3. The van der Waals surface area contributed by atoms with Gasteiger partial charge < -0.3 is 15.0 Å². The summed E-state index contributed by atoms with van der Waals surface area (Å²) in [7, 11) is 1.27. The van der Waals surface area contributed by atoms with Gasteiger partial charge in [0.05, 0.1) is 7.11 Å². The largest absolute Gasteiger partial charge is 0.453 e. The highest BCUT2D eigenvalue weighted by molar-refractivity contribution is 5.82. The van der Waals surface area contributed by atoms with Crippen LogP contribution < -0.4 is 5.32 Å². The molecule has 1 aliphatic heterocycles. The van der Waals surface area contributed by atoms with E-state index in [1.54, 1.807) is 4.90 Å². The van der Waals surface area contributed by atoms with E-state index in [1.165, 1.54) is 18.2 Å². The molecule has 2 amide bonds. The summed E-state index contributed by atoms with van der Waals surface area (Å²) in [5.41, 5.74) is 2.47. The number of methoxy groups -OCH3 is 1. The molecule has 1 N–H and O–H groups in total. The van der Waals surface area contributed by atoms with Crippen LogP contribution in [0.3, 0.4) is 0 Å². The van der Waals surface area contributed by atoms with Gasteiger partial charge in [0.25, 0.3) is 0 Å². The molecule has 96 valence electrons. The molecule has 0 saturated carbocycles. The molecule has 5 nitrogen and oxygen atoms in total. The van der Waals surface area contributed by atoms with Gasteiger partial charge in [-0.2, -0.15) is 0 Å². The van der Waals surface area contributed by atoms with Crippen molar-refractivity contribution in [2.75, 3.05) is 20.2 Å². The van der Waals surface area contributed by atoms with E-state index in [0.717, 1.165) is 6.42 Å². The van der Waals surface area contributed by atoms with Gasteiger partial charge >= 0.3 is 6.09 Å². The highest BCUT2D eigenvalue weighted by atomic mass is 16.5. The van der Waals surface area contributed by atoms with Crippen LogP contribution in [0.4, 0.5) is 4.79 Å². The van der Waals surface area contributed by atoms with Crippen LogP contribution in [0.2, 0.25) is 0 Å². The third kappa shape index (κ3) is 2.80. The lowest BCUT2D eigenvalue weighted by Crippen LogP contribution is -2.42. The van der Waals surface area contributed by atoms with Crippen LogP contribution in [0.15, 0.2) is 24.3 Å². The predicted molar refractivity (Wildman–Crippen MR) is 66.0 cm³/mol. The second-order valence-electron chi connectivity index (χ2n) is 4.18. The molecule has 18 heavy (non-hydrogen) atoms. The summed E-state index contributed by atoms with van der Waals surface area (Å²) in [6, 6.07) is 8.10. The third-order valence-electron chi connectivity index (χ3n) is 3.05. The van der Waals surface area contributed by atoms with Gasteiger partial charge in [-0.25, -0.2) is 4.79 Å². The van der Waals surface area contributed by atoms with Gasteiger partial charge in [-0.3, -0.25) is 4.79 Å². The third-order valence-corrected chi connectivity index (χ3v) is 3.05. The zero-order valence-electron chi connectivity index (χ0n) is 10.3. The molecule has 1 aromatic rings. The van der Waals surface area contributed by atoms with E-state index in [-0.39, 0.29) is 12.5 Å². The summed E-state index contributed by atoms with van der Waals surface area (Å²) in [6.45, 7) is 1.28. The Morgan fingerprint density at radius 3 is 2.78 bits per heavy atom. The molecular weight excluding hydrogens is 232 g/mol. The van der Waals surface area contributed by atoms with Crippen molar-refractivity contribution in [1.82, 2.24) is 10.2 Å². The van der Waals surface area contributed by atoms with Crippen LogP contribution in [-0.4, -0.2) is 37.1 Å². The van der Waals surface area contributed by atoms with Gasteiger partial charge in [0.15, 0.2) is 0 Å². The van der Waals surface area contributed by atoms with E-state index < -0.39 is 6.09 Å². The number of nitrogens with zero attached hydrogens (tertiary/aromatic N) is 1. The van der Waals surface area contributed by atoms with Gasteiger partial charge in [0.1, 0.15) is 6.54 Å². The number of ether oxygens (including phenoxy) is 1. The highest BCUT2D eigenvalue weighted by Crippen LogP contribution is 2.18. The van der Waals surface area contributed by atoms with Crippen molar-refractivity contribution in [2.45, 2.75) is 13.0 Å². The van der Waals surface area contributed by atoms with Gasteiger partial charge in [-0.1, -0.05) is 24.3 Å². The topological polar surface area (TPSA) is 58.6 Å². The molecule has 0 aliphatic carbocycles. The zero-order valence-corrected chi connectivity index (χ0v) is 10.3. The molecule has 5 heteroatoms. The van der Waals surface area contributed by atoms with Crippen molar-refractivity contribution in [3.63, 3.8) is 0 Å². The number of rotatable bonds is 2. The number of nitrogens with one attached hydrogen (secondary N) is 1. The smallest absolute Gasteiger partial charge is 0.407 e. The Bertz CT molecular complexity index is 459. The number of alkyl carbamates (subject to hydrolysis) is 1. The van der Waals surface area contributed by atoms with Crippen LogP contribution in [0, 0.1) is 0 Å². The molecular formula is C13H16N2O3. The van der Waals surface area contributed by atoms with E-state index in [2.05, 4.69) is 16.1 Å². The standard InChI is InChI=1S/C13H16N2O3/c1-18-13(17)14-8-12(16)15-7-6-10-4-2-3-5-11(10)9-15/h2-5H,6-9H2,1H3,(H,14,17). The summed E-state index contributed by atoms with van der Waals surface area (Å²) >= 11 is 0. The lowest BCUT2D eigenvalue weighted by molar-refractivity contribution is -0.131. The van der Waals surface area contributed by atoms with Crippen LogP contribution in [0.5, 0.6) is 0 Å². The number of carbonyl (C=O) groups is 2. The number of amides is 2. The molecule has 2 rings (SSSR count). The Balaban J connectivity index is 1.92. The van der Waals surface area contributed by atoms with E-state index in [9.17, 15) is 9.59 Å². The van der Waals surface area contributed by atoms with Crippen LogP contribution in [0.25, 0.3) is 0 Å². The first-order valence-electron chi connectivity index (χ1n) is 5.87. The second-order valence-corrected chi connectivity index (χ2v) is 4.18. The Hall–Kier alpha value is -2.04. The fourth-order valence-corrected chi connectivity index (χ4v) is 2.04. The molecule has 0 spiro atoms. The van der Waals surface area contributed by atoms with Crippen LogP contribution in [-0.2, 0) is 22.5 Å². The Morgan fingerprint density at radius 2 is 2.06 bits per heavy atom. The Labute approximate surface area is 106 Å². The zero-order chi connectivity index (χ0) is 13.0. The lowest BCUT2D eigenvalue weighted by Gasteiger charge is -2.28. The summed E-state index contributed by atoms with van der Waals surface area (Å²) in [5, 5.41) is 2.40. The lowest BCUT2D eigenvalue weighted by atomic mass is 10.00. The van der Waals surface area contributed by atoms with Crippen LogP contribution in [0.1, 0.15) is 11.1 Å². The molecule has 0 bridgehead atoms. The highest BCUT2D eigenvalue weighted by Gasteiger charge is 2.20. The minimum absolute atomic E-state index is 0.0190. The first kappa shape index (κ1) is 12.4. The fourth-order valence-electron chi connectivity index (χ4n) is 2.04. The summed E-state index contributed by atoms with van der Waals surface area (Å²) in [6.07, 6.45) is 0.279. The maximum Gasteiger partial charge on any atom is 0.407 e. The van der Waals surface area contributed by atoms with E-state index in [1.807, 2.05) is 18.2 Å². The number of benzene rings is 1. The van der Waals surface area contributed by atoms with E-state index >= 15 is 0 Å². The monoisotopic (exact) mass is 248 g/mol. The molecule has 0 unspecified atom stereocenters. The van der Waals surface area contributed by atoms with Gasteiger partial charge in [-0.15, -0.1) is 0 Å². The van der Waals surface area contributed by atoms with Crippen molar-refractivity contribution < 1.29 is 14.3 Å². The Kier molecular flexibility index (Phi) is 3.82. The fraction of sp³-hybridized carbons (Fsp3) is 0.385. The number of carbonyl (C=O) groups excluding carboxylic acids is 2. The molecule has 0 fully saturated rings. The number of fused-ring (bicyclic) bond motifs is 1. The first-order valence-corrected chi connectivity index (χ1v) is 5.87. The van der Waals surface area contributed by atoms with Crippen molar-refractivity contribution in [3.05, 3.63) is 35.4 Å². The minimum Gasteiger partial charge on any atom is -0.453 e. The van der Waals surface area contributed by atoms with Gasteiger partial charge in [0.2, 0.25) is 5.91 Å². The molecule has 1 heterocycles. The van der Waals surface area contributed by atoms with Crippen molar-refractivity contribution in [1.29, 1.82) is 0 Å². The average Bonchev–Trinajstić information content (AvgIpc) is 2.43. The van der Waals surface area contributed by atoms with E-state index in [4.69, 9.17) is 0 Å². The van der Waals surface area contributed by atoms with E-state index in [0.29, 0.717) is 13.1 Å². The molecule has 0 saturated heterocycles. The predicted octanol–water partition coefficient (Wildman–Crippen LogP) is 0.927. The van der Waals surface area contributed by atoms with Gasteiger partial charge in [-0.05, 0) is 17.5 Å². The van der Waals surface area contributed by atoms with Crippen LogP contribution >= 0.6 is 0 Å². The molecule has 0 atom stereocenters. The number of hydrogen-bond donors (Lipinski definition) is 1. The normalized spacial score (nSPS) is 13.7. The van der Waals surface area contributed by atoms with Crippen molar-refractivity contribution in [2.24, 2.45) is 0 Å². The summed E-state index contributed by atoms with van der Waals surface area (Å²) in [5.74, 6) is -0.0881.